The summed E-state index contributed by atoms with van der Waals surface area (Å²) < 4.78 is 13.8. The van der Waals surface area contributed by atoms with Gasteiger partial charge in [0.1, 0.15) is 5.82 Å². The normalized spacial score (nSPS) is 10.8. The molecule has 0 N–H and O–H groups in total. The lowest BCUT2D eigenvalue weighted by molar-refractivity contribution is 0.103. The number of ketones is 1. The van der Waals surface area contributed by atoms with Crippen molar-refractivity contribution in [3.63, 3.8) is 0 Å². The molecule has 0 saturated heterocycles. The van der Waals surface area contributed by atoms with Gasteiger partial charge in [0.2, 0.25) is 0 Å². The van der Waals surface area contributed by atoms with Crippen LogP contribution in [0.4, 0.5) is 4.39 Å². The van der Waals surface area contributed by atoms with Crippen molar-refractivity contribution in [3.05, 3.63) is 80.1 Å². The monoisotopic (exact) mass is 410 g/mol. The van der Waals surface area contributed by atoms with Crippen molar-refractivity contribution in [2.45, 2.75) is 0 Å². The van der Waals surface area contributed by atoms with Crippen LogP contribution in [0.1, 0.15) is 15.9 Å². The molecule has 0 aliphatic rings. The highest BCUT2D eigenvalue weighted by Crippen LogP contribution is 2.29. The first-order valence-corrected chi connectivity index (χ1v) is 7.70. The third-order valence-electron chi connectivity index (χ3n) is 3.29. The highest BCUT2D eigenvalue weighted by Gasteiger charge is 2.16. The molecule has 0 radical (unpaired) electrons. The van der Waals surface area contributed by atoms with Gasteiger partial charge in [-0.05, 0) is 58.3 Å². The summed E-state index contributed by atoms with van der Waals surface area (Å²) in [6, 6.07) is 15.1. The van der Waals surface area contributed by atoms with Crippen molar-refractivity contribution in [1.82, 2.24) is 0 Å². The summed E-state index contributed by atoms with van der Waals surface area (Å²) in [5.74, 6) is -0.482. The molecular weight excluding hydrogens is 402 g/mol. The SMILES string of the molecule is O=C(c1ccc(F)cc1I)c1ccc(Cl)c2ccccc12. The second-order valence-corrected chi connectivity index (χ2v) is 6.16. The lowest BCUT2D eigenvalue weighted by Gasteiger charge is -2.09. The molecule has 0 amide bonds. The van der Waals surface area contributed by atoms with E-state index in [-0.39, 0.29) is 11.6 Å². The lowest BCUT2D eigenvalue weighted by atomic mass is 9.97. The Labute approximate surface area is 139 Å². The minimum absolute atomic E-state index is 0.132. The number of carbonyl (C=O) groups excluding carboxylic acids is 1. The number of rotatable bonds is 2. The average molecular weight is 411 g/mol. The number of hydrogen-bond acceptors (Lipinski definition) is 1. The molecule has 0 unspecified atom stereocenters. The van der Waals surface area contributed by atoms with Crippen LogP contribution in [-0.4, -0.2) is 5.78 Å². The Balaban J connectivity index is 2.21. The van der Waals surface area contributed by atoms with Gasteiger partial charge < -0.3 is 0 Å². The van der Waals surface area contributed by atoms with Crippen LogP contribution in [0.5, 0.6) is 0 Å². The van der Waals surface area contributed by atoms with E-state index in [1.807, 2.05) is 46.9 Å². The molecule has 3 aromatic rings. The molecule has 0 bridgehead atoms. The zero-order chi connectivity index (χ0) is 15.0. The summed E-state index contributed by atoms with van der Waals surface area (Å²) in [5.41, 5.74) is 1.06. The third kappa shape index (κ3) is 2.68. The fourth-order valence-electron chi connectivity index (χ4n) is 2.28. The smallest absolute Gasteiger partial charge is 0.194 e. The first-order chi connectivity index (χ1) is 10.1. The van der Waals surface area contributed by atoms with Gasteiger partial charge in [0.05, 0.1) is 0 Å². The molecule has 0 aliphatic carbocycles. The first kappa shape index (κ1) is 14.5. The van der Waals surface area contributed by atoms with E-state index >= 15 is 0 Å². The second kappa shape index (κ2) is 5.73. The standard InChI is InChI=1S/C17H9ClFIO/c18-15-8-7-13(11-3-1-2-4-12(11)15)17(21)14-6-5-10(19)9-16(14)20/h1-9H. The van der Waals surface area contributed by atoms with Crippen molar-refractivity contribution in [2.24, 2.45) is 0 Å². The third-order valence-corrected chi connectivity index (χ3v) is 4.51. The fourth-order valence-corrected chi connectivity index (χ4v) is 3.23. The van der Waals surface area contributed by atoms with Gasteiger partial charge >= 0.3 is 0 Å². The van der Waals surface area contributed by atoms with Gasteiger partial charge in [-0.15, -0.1) is 0 Å². The Morgan fingerprint density at radius 2 is 1.62 bits per heavy atom. The maximum absolute atomic E-state index is 13.2. The largest absolute Gasteiger partial charge is 0.289 e. The minimum Gasteiger partial charge on any atom is -0.289 e. The highest BCUT2D eigenvalue weighted by atomic mass is 127. The van der Waals surface area contributed by atoms with Gasteiger partial charge in [-0.2, -0.15) is 0 Å². The molecule has 104 valence electrons. The summed E-state index contributed by atoms with van der Waals surface area (Å²) in [6.07, 6.45) is 0. The van der Waals surface area contributed by atoms with E-state index in [0.29, 0.717) is 19.7 Å². The molecule has 0 saturated carbocycles. The Morgan fingerprint density at radius 3 is 2.33 bits per heavy atom. The number of benzene rings is 3. The molecule has 3 aromatic carbocycles. The minimum atomic E-state index is -0.350. The first-order valence-electron chi connectivity index (χ1n) is 6.25. The zero-order valence-corrected chi connectivity index (χ0v) is 13.7. The van der Waals surface area contributed by atoms with E-state index in [9.17, 15) is 9.18 Å². The van der Waals surface area contributed by atoms with Gasteiger partial charge in [-0.25, -0.2) is 4.39 Å². The van der Waals surface area contributed by atoms with E-state index in [4.69, 9.17) is 11.6 Å². The Kier molecular flexibility index (Phi) is 3.95. The predicted octanol–water partition coefficient (Wildman–Crippen LogP) is 5.47. The van der Waals surface area contributed by atoms with E-state index in [1.54, 1.807) is 12.1 Å². The lowest BCUT2D eigenvalue weighted by Crippen LogP contribution is -2.05. The van der Waals surface area contributed by atoms with Crippen LogP contribution in [0, 0.1) is 9.39 Å². The fraction of sp³-hybridized carbons (Fsp3) is 0. The van der Waals surface area contributed by atoms with Crippen LogP contribution < -0.4 is 0 Å². The molecule has 0 aromatic heterocycles. The number of fused-ring (bicyclic) bond motifs is 1. The number of hydrogen-bond donors (Lipinski definition) is 0. The Morgan fingerprint density at radius 1 is 0.952 bits per heavy atom. The highest BCUT2D eigenvalue weighted by molar-refractivity contribution is 14.1. The van der Waals surface area contributed by atoms with Crippen LogP contribution >= 0.6 is 34.2 Å². The maximum atomic E-state index is 13.2. The Hall–Kier alpha value is -1.46. The van der Waals surface area contributed by atoms with E-state index in [1.165, 1.54) is 18.2 Å². The molecule has 1 nitrogen and oxygen atoms in total. The molecule has 21 heavy (non-hydrogen) atoms. The van der Waals surface area contributed by atoms with Gasteiger partial charge in [0.15, 0.2) is 5.78 Å². The maximum Gasteiger partial charge on any atom is 0.194 e. The predicted molar refractivity (Wildman–Crippen MR) is 91.5 cm³/mol. The van der Waals surface area contributed by atoms with Crippen LogP contribution in [0.15, 0.2) is 54.6 Å². The van der Waals surface area contributed by atoms with Crippen molar-refractivity contribution in [3.8, 4) is 0 Å². The summed E-state index contributed by atoms with van der Waals surface area (Å²) >= 11 is 8.14. The molecule has 0 spiro atoms. The zero-order valence-electron chi connectivity index (χ0n) is 10.7. The second-order valence-electron chi connectivity index (χ2n) is 4.59. The van der Waals surface area contributed by atoms with Crippen LogP contribution in [-0.2, 0) is 0 Å². The van der Waals surface area contributed by atoms with E-state index in [0.717, 1.165) is 10.8 Å². The van der Waals surface area contributed by atoms with Crippen LogP contribution in [0.25, 0.3) is 10.8 Å². The molecule has 0 atom stereocenters. The van der Waals surface area contributed by atoms with Gasteiger partial charge in [-0.1, -0.05) is 35.9 Å². The van der Waals surface area contributed by atoms with Crippen LogP contribution in [0.2, 0.25) is 5.02 Å². The molecular formula is C17H9ClFIO. The summed E-state index contributed by atoms with van der Waals surface area (Å²) in [6.45, 7) is 0. The van der Waals surface area contributed by atoms with Crippen molar-refractivity contribution >= 4 is 50.7 Å². The van der Waals surface area contributed by atoms with Crippen molar-refractivity contribution in [2.75, 3.05) is 0 Å². The summed E-state index contributed by atoms with van der Waals surface area (Å²) in [5, 5.41) is 2.24. The summed E-state index contributed by atoms with van der Waals surface area (Å²) in [7, 11) is 0. The molecule has 0 heterocycles. The average Bonchev–Trinajstić information content (AvgIpc) is 2.47. The number of halogens is 3. The van der Waals surface area contributed by atoms with Gasteiger partial charge in [0.25, 0.3) is 0 Å². The Bertz CT molecular complexity index is 861. The summed E-state index contributed by atoms with van der Waals surface area (Å²) in [4.78, 5) is 12.7. The van der Waals surface area contributed by atoms with Crippen molar-refractivity contribution in [1.29, 1.82) is 0 Å². The van der Waals surface area contributed by atoms with Gasteiger partial charge in [0, 0.05) is 25.1 Å². The van der Waals surface area contributed by atoms with E-state index in [2.05, 4.69) is 0 Å². The van der Waals surface area contributed by atoms with E-state index < -0.39 is 0 Å². The van der Waals surface area contributed by atoms with Crippen LogP contribution in [0.3, 0.4) is 0 Å². The topological polar surface area (TPSA) is 17.1 Å². The molecule has 0 fully saturated rings. The quantitative estimate of drug-likeness (QED) is 0.404. The molecule has 4 heteroatoms. The number of carbonyl (C=O) groups is 1. The molecule has 0 aliphatic heterocycles. The van der Waals surface area contributed by atoms with Gasteiger partial charge in [-0.3, -0.25) is 4.79 Å². The molecule has 3 rings (SSSR count). The van der Waals surface area contributed by atoms with Crippen molar-refractivity contribution < 1.29 is 9.18 Å².